The summed E-state index contributed by atoms with van der Waals surface area (Å²) in [7, 11) is 0. The van der Waals surface area contributed by atoms with Crippen LogP contribution in [0.15, 0.2) is 0 Å². The van der Waals surface area contributed by atoms with Gasteiger partial charge < -0.3 is 9.47 Å². The quantitative estimate of drug-likeness (QED) is 0.356. The molecule has 0 saturated carbocycles. The van der Waals surface area contributed by atoms with E-state index in [1.54, 1.807) is 13.8 Å². The molecule has 0 amide bonds. The van der Waals surface area contributed by atoms with Crippen molar-refractivity contribution in [3.63, 3.8) is 0 Å². The Kier molecular flexibility index (Phi) is 8.11. The number of hydrogen-bond acceptors (Lipinski definition) is 5. The van der Waals surface area contributed by atoms with E-state index >= 15 is 0 Å². The first kappa shape index (κ1) is 14.6. The van der Waals surface area contributed by atoms with Crippen LogP contribution >= 0.6 is 0 Å². The smallest absolute Gasteiger partial charge is 0.374 e. The van der Waals surface area contributed by atoms with Crippen molar-refractivity contribution in [3.8, 4) is 0 Å². The molecule has 0 aromatic rings. The van der Waals surface area contributed by atoms with Crippen LogP contribution in [0.2, 0.25) is 0 Å². The molecule has 16 heavy (non-hydrogen) atoms. The molecule has 0 unspecified atom stereocenters. The summed E-state index contributed by atoms with van der Waals surface area (Å²) in [6.07, 6.45) is 1.45. The van der Waals surface area contributed by atoms with E-state index in [-0.39, 0.29) is 25.4 Å². The Hall–Kier alpha value is -1.39. The number of ketones is 1. The molecule has 0 bridgehead atoms. The van der Waals surface area contributed by atoms with Crippen LogP contribution in [0.1, 0.15) is 39.5 Å². The lowest BCUT2D eigenvalue weighted by atomic mass is 10.1. The molecule has 0 fully saturated rings. The minimum Gasteiger partial charge on any atom is -0.466 e. The number of carbonyl (C=O) groups is 3. The average molecular weight is 230 g/mol. The Morgan fingerprint density at radius 1 is 0.875 bits per heavy atom. The summed E-state index contributed by atoms with van der Waals surface area (Å²) in [5.74, 6) is -1.60. The fraction of sp³-hybridized carbons (Fsp3) is 0.727. The molecule has 92 valence electrons. The minimum atomic E-state index is -0.793. The summed E-state index contributed by atoms with van der Waals surface area (Å²) < 4.78 is 9.26. The van der Waals surface area contributed by atoms with E-state index in [4.69, 9.17) is 4.74 Å². The minimum absolute atomic E-state index is 0.123. The van der Waals surface area contributed by atoms with Crippen LogP contribution in [0.25, 0.3) is 0 Å². The van der Waals surface area contributed by atoms with Crippen molar-refractivity contribution in [2.24, 2.45) is 0 Å². The van der Waals surface area contributed by atoms with Crippen molar-refractivity contribution in [3.05, 3.63) is 0 Å². The third-order valence-electron chi connectivity index (χ3n) is 1.84. The largest absolute Gasteiger partial charge is 0.466 e. The Bertz CT molecular complexity index is 247. The van der Waals surface area contributed by atoms with Gasteiger partial charge in [-0.15, -0.1) is 0 Å². The molecule has 0 spiro atoms. The third kappa shape index (κ3) is 6.98. The van der Waals surface area contributed by atoms with Gasteiger partial charge in [0, 0.05) is 12.8 Å². The van der Waals surface area contributed by atoms with Crippen LogP contribution in [0.4, 0.5) is 0 Å². The monoisotopic (exact) mass is 230 g/mol. The average Bonchev–Trinajstić information content (AvgIpc) is 2.24. The van der Waals surface area contributed by atoms with Crippen LogP contribution in [-0.2, 0) is 23.9 Å². The van der Waals surface area contributed by atoms with Gasteiger partial charge >= 0.3 is 11.9 Å². The topological polar surface area (TPSA) is 69.7 Å². The molecule has 5 heteroatoms. The number of esters is 2. The first-order valence-electron chi connectivity index (χ1n) is 5.47. The van der Waals surface area contributed by atoms with E-state index in [2.05, 4.69) is 4.74 Å². The van der Waals surface area contributed by atoms with Crippen LogP contribution in [0.3, 0.4) is 0 Å². The van der Waals surface area contributed by atoms with Crippen LogP contribution in [0, 0.1) is 0 Å². The van der Waals surface area contributed by atoms with Crippen molar-refractivity contribution in [1.29, 1.82) is 0 Å². The fourth-order valence-electron chi connectivity index (χ4n) is 1.10. The lowest BCUT2D eigenvalue weighted by Gasteiger charge is -2.02. The first-order chi connectivity index (χ1) is 7.61. The molecule has 0 aliphatic carbocycles. The van der Waals surface area contributed by atoms with E-state index in [0.717, 1.165) is 0 Å². The number of Topliss-reactive ketones (excluding diaryl/α,β-unsaturated/α-hetero) is 1. The molecule has 0 aliphatic rings. The van der Waals surface area contributed by atoms with E-state index in [1.165, 1.54) is 0 Å². The molecule has 0 radical (unpaired) electrons. The predicted molar refractivity (Wildman–Crippen MR) is 56.7 cm³/mol. The summed E-state index contributed by atoms with van der Waals surface area (Å²) in [5.41, 5.74) is 0. The second kappa shape index (κ2) is 8.88. The van der Waals surface area contributed by atoms with Gasteiger partial charge in [0.05, 0.1) is 13.2 Å². The van der Waals surface area contributed by atoms with E-state index in [0.29, 0.717) is 19.4 Å². The molecular formula is C11H18O5. The number of rotatable bonds is 8. The molecule has 0 N–H and O–H groups in total. The van der Waals surface area contributed by atoms with Gasteiger partial charge in [-0.1, -0.05) is 0 Å². The lowest BCUT2D eigenvalue weighted by Crippen LogP contribution is -2.17. The molecule has 0 rings (SSSR count). The summed E-state index contributed by atoms with van der Waals surface area (Å²) in [6.45, 7) is 3.95. The summed E-state index contributed by atoms with van der Waals surface area (Å²) in [6, 6.07) is 0. The zero-order chi connectivity index (χ0) is 12.4. The molecule has 0 saturated heterocycles. The Morgan fingerprint density at radius 3 is 2.00 bits per heavy atom. The normalized spacial score (nSPS) is 9.62. The number of ether oxygens (including phenoxy) is 2. The molecule has 5 nitrogen and oxygen atoms in total. The van der Waals surface area contributed by atoms with Crippen LogP contribution in [-0.4, -0.2) is 30.9 Å². The SMILES string of the molecule is CCOC(=O)CCCCC(=O)C(=O)OCC. The lowest BCUT2D eigenvalue weighted by molar-refractivity contribution is -0.153. The van der Waals surface area contributed by atoms with E-state index < -0.39 is 11.8 Å². The van der Waals surface area contributed by atoms with E-state index in [9.17, 15) is 14.4 Å². The molecular weight excluding hydrogens is 212 g/mol. The highest BCUT2D eigenvalue weighted by atomic mass is 16.5. The molecule has 0 aromatic heterocycles. The summed E-state index contributed by atoms with van der Waals surface area (Å²) in [4.78, 5) is 32.9. The van der Waals surface area contributed by atoms with Gasteiger partial charge in [-0.25, -0.2) is 4.79 Å². The second-order valence-electron chi connectivity index (χ2n) is 3.16. The van der Waals surface area contributed by atoms with Gasteiger partial charge in [-0.05, 0) is 26.7 Å². The van der Waals surface area contributed by atoms with Gasteiger partial charge in [0.15, 0.2) is 0 Å². The first-order valence-corrected chi connectivity index (χ1v) is 5.47. The highest BCUT2D eigenvalue weighted by molar-refractivity contribution is 6.33. The maximum Gasteiger partial charge on any atom is 0.374 e. The van der Waals surface area contributed by atoms with Crippen molar-refractivity contribution < 1.29 is 23.9 Å². The Morgan fingerprint density at radius 2 is 1.44 bits per heavy atom. The highest BCUT2D eigenvalue weighted by Crippen LogP contribution is 2.03. The molecule has 0 aliphatic heterocycles. The maximum atomic E-state index is 11.1. The zero-order valence-corrected chi connectivity index (χ0v) is 9.78. The Labute approximate surface area is 95.1 Å². The summed E-state index contributed by atoms with van der Waals surface area (Å²) >= 11 is 0. The maximum absolute atomic E-state index is 11.1. The molecule has 0 aromatic carbocycles. The van der Waals surface area contributed by atoms with Crippen molar-refractivity contribution in [1.82, 2.24) is 0 Å². The van der Waals surface area contributed by atoms with Crippen molar-refractivity contribution in [2.45, 2.75) is 39.5 Å². The third-order valence-corrected chi connectivity index (χ3v) is 1.84. The van der Waals surface area contributed by atoms with Gasteiger partial charge in [-0.3, -0.25) is 9.59 Å². The van der Waals surface area contributed by atoms with Gasteiger partial charge in [0.25, 0.3) is 0 Å². The van der Waals surface area contributed by atoms with Crippen molar-refractivity contribution in [2.75, 3.05) is 13.2 Å². The predicted octanol–water partition coefficient (Wildman–Crippen LogP) is 1.24. The highest BCUT2D eigenvalue weighted by Gasteiger charge is 2.14. The molecule has 0 heterocycles. The van der Waals surface area contributed by atoms with Gasteiger partial charge in [0.2, 0.25) is 5.78 Å². The van der Waals surface area contributed by atoms with Gasteiger partial charge in [-0.2, -0.15) is 0 Å². The number of carbonyl (C=O) groups excluding carboxylic acids is 3. The fourth-order valence-corrected chi connectivity index (χ4v) is 1.10. The standard InChI is InChI=1S/C11H18O5/c1-3-15-10(13)8-6-5-7-9(12)11(14)16-4-2/h3-8H2,1-2H3. The van der Waals surface area contributed by atoms with Gasteiger partial charge in [0.1, 0.15) is 0 Å². The van der Waals surface area contributed by atoms with Crippen LogP contribution in [0.5, 0.6) is 0 Å². The van der Waals surface area contributed by atoms with E-state index in [1.807, 2.05) is 0 Å². The summed E-state index contributed by atoms with van der Waals surface area (Å²) in [5, 5.41) is 0. The van der Waals surface area contributed by atoms with Crippen molar-refractivity contribution >= 4 is 17.7 Å². The number of unbranched alkanes of at least 4 members (excludes halogenated alkanes) is 1. The Balaban J connectivity index is 3.55. The molecule has 0 atom stereocenters. The van der Waals surface area contributed by atoms with Crippen LogP contribution < -0.4 is 0 Å². The number of hydrogen-bond donors (Lipinski definition) is 0. The second-order valence-corrected chi connectivity index (χ2v) is 3.16. The zero-order valence-electron chi connectivity index (χ0n) is 9.78.